The minimum atomic E-state index is -0.941. The Balaban J connectivity index is 1.35. The monoisotopic (exact) mass is 639 g/mol. The maximum Gasteiger partial charge on any atom is 0.345 e. The Bertz CT molecular complexity index is 1940. The zero-order valence-electron chi connectivity index (χ0n) is 26.1. The highest BCUT2D eigenvalue weighted by atomic mass is 32.1. The number of carboxylic acid groups (broad SMARTS) is 1. The molecule has 46 heavy (non-hydrogen) atoms. The van der Waals surface area contributed by atoms with Gasteiger partial charge in [-0.25, -0.2) is 14.8 Å². The summed E-state index contributed by atoms with van der Waals surface area (Å²) in [7, 11) is 0. The zero-order valence-corrected chi connectivity index (χ0v) is 26.9. The number of hydrogen-bond donors (Lipinski definition) is 1. The number of morpholine rings is 1. The normalized spacial score (nSPS) is 15.9. The van der Waals surface area contributed by atoms with E-state index >= 15 is 0 Å². The molecule has 1 amide bonds. The highest BCUT2D eigenvalue weighted by Crippen LogP contribution is 2.47. The van der Waals surface area contributed by atoms with Crippen molar-refractivity contribution < 1.29 is 24.2 Å². The molecule has 1 saturated carbocycles. The Hall–Kier alpha value is -4.35. The van der Waals surface area contributed by atoms with Gasteiger partial charge in [-0.1, -0.05) is 31.4 Å². The molecule has 1 aromatic carbocycles. The molecule has 238 valence electrons. The molecule has 0 bridgehead atoms. The molecular weight excluding hydrogens is 602 g/mol. The predicted molar refractivity (Wildman–Crippen MR) is 178 cm³/mol. The standard InChI is InChI=1S/C35H37N5O5S/c1-3-45-35-36-19-25(21(2)37-35)27-12-9-23-17-24(10-11-26(23)38-27)32-31(22-7-5-4-6-8-22)33-28(18-29(46-33)34(42)43)40(32)20-30(41)39-13-15-44-16-14-39/h9-12,17-19,22H,3-8,13-16,20H2,1-2H3,(H,42,43). The summed E-state index contributed by atoms with van der Waals surface area (Å²) in [6, 6.07) is 12.4. The quantitative estimate of drug-likeness (QED) is 0.200. The molecule has 5 heterocycles. The van der Waals surface area contributed by atoms with Crippen LogP contribution in [0.3, 0.4) is 0 Å². The molecule has 1 aliphatic heterocycles. The van der Waals surface area contributed by atoms with E-state index < -0.39 is 5.97 Å². The molecule has 0 radical (unpaired) electrons. The number of carbonyl (C=O) groups excluding carboxylic acids is 1. The van der Waals surface area contributed by atoms with E-state index in [9.17, 15) is 14.7 Å². The van der Waals surface area contributed by atoms with Gasteiger partial charge in [0.1, 0.15) is 11.4 Å². The number of rotatable bonds is 8. The van der Waals surface area contributed by atoms with E-state index in [1.54, 1.807) is 12.3 Å². The highest BCUT2D eigenvalue weighted by molar-refractivity contribution is 7.21. The van der Waals surface area contributed by atoms with Crippen LogP contribution in [0.1, 0.15) is 65.9 Å². The largest absolute Gasteiger partial charge is 0.477 e. The summed E-state index contributed by atoms with van der Waals surface area (Å²) < 4.78 is 14.0. The van der Waals surface area contributed by atoms with Gasteiger partial charge >= 0.3 is 12.0 Å². The number of carboxylic acids is 1. The Morgan fingerprint density at radius 2 is 1.87 bits per heavy atom. The number of hydrogen-bond acceptors (Lipinski definition) is 8. The lowest BCUT2D eigenvalue weighted by Gasteiger charge is -2.28. The number of aryl methyl sites for hydroxylation is 1. The summed E-state index contributed by atoms with van der Waals surface area (Å²) in [5, 5.41) is 10.9. The van der Waals surface area contributed by atoms with E-state index in [-0.39, 0.29) is 12.5 Å². The van der Waals surface area contributed by atoms with Crippen molar-refractivity contribution in [2.24, 2.45) is 0 Å². The molecule has 7 rings (SSSR count). The van der Waals surface area contributed by atoms with Crippen molar-refractivity contribution in [3.05, 3.63) is 58.7 Å². The Morgan fingerprint density at radius 3 is 2.61 bits per heavy atom. The first-order valence-corrected chi connectivity index (χ1v) is 16.9. The van der Waals surface area contributed by atoms with Crippen LogP contribution in [0.25, 0.3) is 43.6 Å². The first-order chi connectivity index (χ1) is 22.4. The molecule has 0 spiro atoms. The van der Waals surface area contributed by atoms with E-state index in [4.69, 9.17) is 14.5 Å². The number of aromatic carboxylic acids is 1. The lowest BCUT2D eigenvalue weighted by atomic mass is 9.83. The van der Waals surface area contributed by atoms with Crippen LogP contribution in [0.5, 0.6) is 6.01 Å². The predicted octanol–water partition coefficient (Wildman–Crippen LogP) is 6.69. The molecule has 2 aliphatic rings. The van der Waals surface area contributed by atoms with Crippen molar-refractivity contribution in [3.63, 3.8) is 0 Å². The third-order valence-corrected chi connectivity index (χ3v) is 10.3. The van der Waals surface area contributed by atoms with Crippen molar-refractivity contribution in [3.8, 4) is 28.5 Å². The van der Waals surface area contributed by atoms with Crippen molar-refractivity contribution >= 4 is 44.3 Å². The van der Waals surface area contributed by atoms with Crippen LogP contribution < -0.4 is 4.74 Å². The van der Waals surface area contributed by atoms with Gasteiger partial charge in [-0.05, 0) is 68.0 Å². The second-order valence-corrected chi connectivity index (χ2v) is 13.0. The number of thiophene rings is 1. The van der Waals surface area contributed by atoms with Crippen LogP contribution in [0.15, 0.2) is 42.6 Å². The molecule has 11 heteroatoms. The number of fused-ring (bicyclic) bond motifs is 2. The molecule has 1 saturated heterocycles. The summed E-state index contributed by atoms with van der Waals surface area (Å²) >= 11 is 1.33. The minimum Gasteiger partial charge on any atom is -0.477 e. The molecule has 1 N–H and O–H groups in total. The SMILES string of the molecule is CCOc1ncc(-c2ccc3cc(-c4c(C5CCCCC5)c5sc(C(=O)O)cc5n4CC(=O)N4CCOCC4)ccc3n2)c(C)n1. The van der Waals surface area contributed by atoms with E-state index in [0.29, 0.717) is 49.7 Å². The van der Waals surface area contributed by atoms with Gasteiger partial charge in [0.2, 0.25) is 5.91 Å². The fourth-order valence-corrected chi connectivity index (χ4v) is 7.99. The van der Waals surface area contributed by atoms with Gasteiger partial charge < -0.3 is 24.0 Å². The van der Waals surface area contributed by atoms with E-state index in [0.717, 1.165) is 75.0 Å². The topological polar surface area (TPSA) is 120 Å². The van der Waals surface area contributed by atoms with Crippen LogP contribution in [-0.4, -0.2) is 74.3 Å². The molecule has 1 aliphatic carbocycles. The number of amides is 1. The average molecular weight is 640 g/mol. The highest BCUT2D eigenvalue weighted by Gasteiger charge is 2.30. The maximum absolute atomic E-state index is 13.7. The summed E-state index contributed by atoms with van der Waals surface area (Å²) in [6.07, 6.45) is 7.33. The number of ether oxygens (including phenoxy) is 2. The molecule has 5 aromatic rings. The van der Waals surface area contributed by atoms with Gasteiger partial charge in [0.05, 0.1) is 52.6 Å². The van der Waals surface area contributed by atoms with Crippen LogP contribution in [0.2, 0.25) is 0 Å². The molecule has 2 fully saturated rings. The average Bonchev–Trinajstić information content (AvgIpc) is 3.64. The van der Waals surface area contributed by atoms with E-state index in [1.807, 2.05) is 30.9 Å². The van der Waals surface area contributed by atoms with Crippen molar-refractivity contribution in [2.75, 3.05) is 32.9 Å². The van der Waals surface area contributed by atoms with Gasteiger partial charge in [0.15, 0.2) is 0 Å². The Morgan fingerprint density at radius 1 is 1.07 bits per heavy atom. The molecule has 0 atom stereocenters. The first kappa shape index (κ1) is 30.3. The zero-order chi connectivity index (χ0) is 31.8. The van der Waals surface area contributed by atoms with Gasteiger partial charge in [-0.2, -0.15) is 4.98 Å². The lowest BCUT2D eigenvalue weighted by Crippen LogP contribution is -2.42. The van der Waals surface area contributed by atoms with Crippen molar-refractivity contribution in [2.45, 2.75) is 58.4 Å². The number of carbonyl (C=O) groups is 2. The minimum absolute atomic E-state index is 0.0137. The van der Waals surface area contributed by atoms with Crippen LogP contribution in [0.4, 0.5) is 0 Å². The first-order valence-electron chi connectivity index (χ1n) is 16.0. The molecule has 4 aromatic heterocycles. The fraction of sp³-hybridized carbons (Fsp3) is 0.400. The number of benzene rings is 1. The maximum atomic E-state index is 13.7. The van der Waals surface area contributed by atoms with Gasteiger partial charge in [0.25, 0.3) is 0 Å². The van der Waals surface area contributed by atoms with Crippen molar-refractivity contribution in [1.29, 1.82) is 0 Å². The second kappa shape index (κ2) is 12.8. The molecule has 0 unspecified atom stereocenters. The Labute approximate surface area is 271 Å². The van der Waals surface area contributed by atoms with Crippen LogP contribution >= 0.6 is 11.3 Å². The van der Waals surface area contributed by atoms with Crippen LogP contribution in [-0.2, 0) is 16.1 Å². The molecular formula is C35H37N5O5S. The third kappa shape index (κ3) is 5.73. The summed E-state index contributed by atoms with van der Waals surface area (Å²) in [5.74, 6) is -0.631. The third-order valence-electron chi connectivity index (χ3n) is 9.12. The van der Waals surface area contributed by atoms with Gasteiger partial charge in [-0.15, -0.1) is 11.3 Å². The van der Waals surface area contributed by atoms with Crippen LogP contribution in [0, 0.1) is 6.92 Å². The summed E-state index contributed by atoms with van der Waals surface area (Å²) in [5.41, 5.74) is 7.26. The van der Waals surface area contributed by atoms with E-state index in [2.05, 4.69) is 32.7 Å². The number of nitrogens with zero attached hydrogens (tertiary/aromatic N) is 5. The second-order valence-electron chi connectivity index (χ2n) is 12.0. The number of aromatic nitrogens is 4. The van der Waals surface area contributed by atoms with E-state index in [1.165, 1.54) is 23.3 Å². The lowest BCUT2D eigenvalue weighted by molar-refractivity contribution is -0.135. The molecule has 10 nitrogen and oxygen atoms in total. The fourth-order valence-electron chi connectivity index (χ4n) is 6.87. The van der Waals surface area contributed by atoms with Gasteiger partial charge in [-0.3, -0.25) is 4.79 Å². The van der Waals surface area contributed by atoms with Crippen molar-refractivity contribution in [1.82, 2.24) is 24.4 Å². The van der Waals surface area contributed by atoms with Gasteiger partial charge in [0, 0.05) is 30.2 Å². The number of pyridine rings is 1. The smallest absolute Gasteiger partial charge is 0.345 e. The summed E-state index contributed by atoms with van der Waals surface area (Å²) in [4.78, 5) is 41.8. The Kier molecular flexibility index (Phi) is 8.44. The summed E-state index contributed by atoms with van der Waals surface area (Å²) in [6.45, 7) is 6.63.